The molecular weight excluding hydrogens is 501 g/mol. The normalized spacial score (nSPS) is 18.9. The van der Waals surface area contributed by atoms with Crippen molar-refractivity contribution in [1.82, 2.24) is 5.32 Å². The maximum Gasteiger partial charge on any atom is 0.326 e. The minimum atomic E-state index is -0.785. The van der Waals surface area contributed by atoms with Gasteiger partial charge in [0.05, 0.1) is 24.4 Å². The number of aliphatic hydroxyl groups excluding tert-OH is 1. The number of fused-ring (bicyclic) bond motifs is 2. The van der Waals surface area contributed by atoms with Crippen LogP contribution in [0.25, 0.3) is 0 Å². The first kappa shape index (κ1) is 20.9. The number of halogens is 3. The minimum Gasteiger partial charge on any atom is -0.386 e. The van der Waals surface area contributed by atoms with E-state index in [9.17, 15) is 19.1 Å². The third-order valence-electron chi connectivity index (χ3n) is 5.65. The van der Waals surface area contributed by atoms with Crippen LogP contribution in [0.4, 0.5) is 20.6 Å². The zero-order valence-corrected chi connectivity index (χ0v) is 18.7. The highest BCUT2D eigenvalue weighted by molar-refractivity contribution is 9.10. The van der Waals surface area contributed by atoms with Crippen molar-refractivity contribution < 1.29 is 19.1 Å². The number of para-hydroxylation sites is 1. The van der Waals surface area contributed by atoms with Crippen molar-refractivity contribution in [2.45, 2.75) is 12.1 Å². The average molecular weight is 517 g/mol. The molecule has 3 aromatic rings. The van der Waals surface area contributed by atoms with Gasteiger partial charge in [-0.15, -0.1) is 0 Å². The summed E-state index contributed by atoms with van der Waals surface area (Å²) in [6.07, 6.45) is -0.785. The van der Waals surface area contributed by atoms with Crippen molar-refractivity contribution in [1.29, 1.82) is 0 Å². The molecule has 3 aromatic carbocycles. The Morgan fingerprint density at radius 3 is 2.78 bits per heavy atom. The van der Waals surface area contributed by atoms with E-state index in [-0.39, 0.29) is 12.5 Å². The molecule has 9 heteroatoms. The van der Waals surface area contributed by atoms with Crippen molar-refractivity contribution in [3.8, 4) is 0 Å². The molecule has 2 atom stereocenters. The van der Waals surface area contributed by atoms with Gasteiger partial charge in [0.25, 0.3) is 5.91 Å². The maximum atomic E-state index is 14.0. The van der Waals surface area contributed by atoms with Crippen molar-refractivity contribution in [2.75, 3.05) is 16.8 Å². The highest BCUT2D eigenvalue weighted by Gasteiger charge is 2.36. The smallest absolute Gasteiger partial charge is 0.326 e. The van der Waals surface area contributed by atoms with E-state index in [2.05, 4.69) is 26.6 Å². The van der Waals surface area contributed by atoms with Gasteiger partial charge in [-0.05, 0) is 36.4 Å². The number of hydrogen-bond donors (Lipinski definition) is 3. The molecular formula is C23H16BrClFN3O3. The Hall–Kier alpha value is -2.94. The molecule has 0 aliphatic carbocycles. The molecule has 2 heterocycles. The lowest BCUT2D eigenvalue weighted by Gasteiger charge is -2.22. The molecule has 3 amide bonds. The first-order valence-electron chi connectivity index (χ1n) is 9.78. The number of nitrogens with zero attached hydrogens (tertiary/aromatic N) is 1. The standard InChI is InChI=1S/C23H16BrClFN3O3/c24-11-7-15-20(21(28-22(15)31)14-9-12(26)5-6-16(14)25)17(8-11)27-23(32)29-10-19(30)13-3-1-2-4-18(13)29/h1-9,19,21,30H,10H2,(H,27,32)(H,28,31)/t19-,21+/m1/s1. The summed E-state index contributed by atoms with van der Waals surface area (Å²) in [6, 6.07) is 13.2. The van der Waals surface area contributed by atoms with E-state index in [4.69, 9.17) is 11.6 Å². The van der Waals surface area contributed by atoms with Crippen LogP contribution >= 0.6 is 27.5 Å². The number of rotatable bonds is 2. The predicted molar refractivity (Wildman–Crippen MR) is 123 cm³/mol. The number of urea groups is 1. The van der Waals surface area contributed by atoms with Crippen molar-refractivity contribution >= 4 is 50.8 Å². The number of benzene rings is 3. The molecule has 2 aliphatic heterocycles. The van der Waals surface area contributed by atoms with Crippen LogP contribution in [0.1, 0.15) is 39.2 Å². The second kappa shape index (κ2) is 7.88. The Kier molecular flexibility index (Phi) is 5.16. The third kappa shape index (κ3) is 3.44. The molecule has 0 unspecified atom stereocenters. The Morgan fingerprint density at radius 1 is 1.19 bits per heavy atom. The summed E-state index contributed by atoms with van der Waals surface area (Å²) < 4.78 is 14.5. The second-order valence-corrected chi connectivity index (χ2v) is 8.93. The van der Waals surface area contributed by atoms with Crippen LogP contribution in [0.3, 0.4) is 0 Å². The molecule has 3 N–H and O–H groups in total. The van der Waals surface area contributed by atoms with Crippen LogP contribution in [0.2, 0.25) is 5.02 Å². The summed E-state index contributed by atoms with van der Waals surface area (Å²) in [5.41, 5.74) is 2.89. The maximum absolute atomic E-state index is 14.0. The van der Waals surface area contributed by atoms with E-state index >= 15 is 0 Å². The summed E-state index contributed by atoms with van der Waals surface area (Å²) in [5.74, 6) is -0.846. The van der Waals surface area contributed by atoms with Crippen LogP contribution in [-0.2, 0) is 0 Å². The SMILES string of the molecule is O=C1N[C@@H](c2cc(F)ccc2Cl)c2c(NC(=O)N3C[C@@H](O)c4ccccc43)cc(Br)cc21. The molecule has 0 spiro atoms. The Balaban J connectivity index is 1.55. The zero-order chi connectivity index (χ0) is 22.6. The highest BCUT2D eigenvalue weighted by atomic mass is 79.9. The zero-order valence-electron chi connectivity index (χ0n) is 16.4. The van der Waals surface area contributed by atoms with Crippen LogP contribution in [0.5, 0.6) is 0 Å². The quantitative estimate of drug-likeness (QED) is 0.440. The predicted octanol–water partition coefficient (Wildman–Crippen LogP) is 5.16. The van der Waals surface area contributed by atoms with Gasteiger partial charge in [0.15, 0.2) is 0 Å². The molecule has 0 saturated heterocycles. The van der Waals surface area contributed by atoms with Gasteiger partial charge in [-0.3, -0.25) is 9.69 Å². The van der Waals surface area contributed by atoms with Crippen molar-refractivity contribution in [3.63, 3.8) is 0 Å². The second-order valence-electron chi connectivity index (χ2n) is 7.60. The highest BCUT2D eigenvalue weighted by Crippen LogP contribution is 2.41. The van der Waals surface area contributed by atoms with Crippen molar-refractivity contribution in [2.24, 2.45) is 0 Å². The van der Waals surface area contributed by atoms with Gasteiger partial charge in [-0.2, -0.15) is 0 Å². The van der Waals surface area contributed by atoms with Gasteiger partial charge in [0, 0.05) is 37.4 Å². The summed E-state index contributed by atoms with van der Waals surface area (Å²) in [4.78, 5) is 27.3. The van der Waals surface area contributed by atoms with E-state index in [1.54, 1.807) is 36.4 Å². The number of nitrogens with one attached hydrogen (secondary N) is 2. The van der Waals surface area contributed by atoms with E-state index in [0.29, 0.717) is 43.1 Å². The summed E-state index contributed by atoms with van der Waals surface area (Å²) in [6.45, 7) is 0.109. The first-order valence-corrected chi connectivity index (χ1v) is 11.0. The molecule has 162 valence electrons. The van der Waals surface area contributed by atoms with Gasteiger partial charge >= 0.3 is 6.03 Å². The van der Waals surface area contributed by atoms with Crippen molar-refractivity contribution in [3.05, 3.63) is 92.2 Å². The van der Waals surface area contributed by atoms with Gasteiger partial charge in [0.1, 0.15) is 5.82 Å². The lowest BCUT2D eigenvalue weighted by atomic mass is 9.96. The molecule has 0 saturated carbocycles. The fourth-order valence-electron chi connectivity index (χ4n) is 4.23. The van der Waals surface area contributed by atoms with Gasteiger partial charge in [-0.1, -0.05) is 45.7 Å². The Labute approximate surface area is 196 Å². The summed E-state index contributed by atoms with van der Waals surface area (Å²) >= 11 is 9.69. The molecule has 32 heavy (non-hydrogen) atoms. The van der Waals surface area contributed by atoms with Gasteiger partial charge in [0.2, 0.25) is 0 Å². The molecule has 0 fully saturated rings. The summed E-state index contributed by atoms with van der Waals surface area (Å²) in [7, 11) is 0. The Bertz CT molecular complexity index is 1290. The number of aliphatic hydroxyl groups is 1. The largest absolute Gasteiger partial charge is 0.386 e. The third-order valence-corrected chi connectivity index (χ3v) is 6.45. The number of β-amino-alcohol motifs (C(OH)–C–C–N with tert-alkyl or cyclic N) is 1. The van der Waals surface area contributed by atoms with Gasteiger partial charge in [-0.25, -0.2) is 9.18 Å². The minimum absolute atomic E-state index is 0.109. The lowest BCUT2D eigenvalue weighted by molar-refractivity contribution is 0.0960. The molecule has 5 rings (SSSR count). The van der Waals surface area contributed by atoms with E-state index in [1.165, 1.54) is 23.1 Å². The number of amides is 3. The Morgan fingerprint density at radius 2 is 1.97 bits per heavy atom. The molecule has 0 aromatic heterocycles. The lowest BCUT2D eigenvalue weighted by Crippen LogP contribution is -2.34. The molecule has 2 aliphatic rings. The van der Waals surface area contributed by atoms with E-state index in [1.807, 2.05) is 0 Å². The molecule has 0 bridgehead atoms. The summed E-state index contributed by atoms with van der Waals surface area (Å²) in [5, 5.41) is 16.3. The number of carbonyl (C=O) groups is 2. The van der Waals surface area contributed by atoms with Crippen LogP contribution in [0, 0.1) is 5.82 Å². The molecule has 0 radical (unpaired) electrons. The number of carbonyl (C=O) groups excluding carboxylic acids is 2. The van der Waals surface area contributed by atoms with E-state index < -0.39 is 24.0 Å². The molecule has 6 nitrogen and oxygen atoms in total. The van der Waals surface area contributed by atoms with E-state index in [0.717, 1.165) is 0 Å². The fraction of sp³-hybridized carbons (Fsp3) is 0.130. The monoisotopic (exact) mass is 515 g/mol. The average Bonchev–Trinajstić information content (AvgIpc) is 3.27. The number of hydrogen-bond acceptors (Lipinski definition) is 3. The van der Waals surface area contributed by atoms with Gasteiger partial charge < -0.3 is 15.7 Å². The fourth-order valence-corrected chi connectivity index (χ4v) is 4.91. The topological polar surface area (TPSA) is 81.7 Å². The van der Waals surface area contributed by atoms with Crippen LogP contribution < -0.4 is 15.5 Å². The first-order chi connectivity index (χ1) is 15.3. The van der Waals surface area contributed by atoms with Crippen LogP contribution in [0.15, 0.2) is 59.1 Å². The number of anilines is 2. The van der Waals surface area contributed by atoms with Crippen LogP contribution in [-0.4, -0.2) is 23.6 Å².